The van der Waals surface area contributed by atoms with Crippen LogP contribution in [-0.4, -0.2) is 18.2 Å². The summed E-state index contributed by atoms with van der Waals surface area (Å²) in [4.78, 5) is 4.89. The van der Waals surface area contributed by atoms with Gasteiger partial charge in [0.25, 0.3) is 0 Å². The SMILES string of the molecule is CCC(C)COc1ccc2c(c1)C1(c3cc(OCC(C)CC)ccc3-2)c2ccccc2-c2ncccc21. The lowest BCUT2D eigenvalue weighted by atomic mass is 9.71. The summed E-state index contributed by atoms with van der Waals surface area (Å²) < 4.78 is 12.6. The summed E-state index contributed by atoms with van der Waals surface area (Å²) in [5, 5.41) is 0. The lowest BCUT2D eigenvalue weighted by molar-refractivity contribution is 0.256. The Hall–Kier alpha value is -3.59. The van der Waals surface area contributed by atoms with Crippen molar-refractivity contribution < 1.29 is 9.47 Å². The van der Waals surface area contributed by atoms with Crippen LogP contribution in [0.5, 0.6) is 11.5 Å². The van der Waals surface area contributed by atoms with Crippen LogP contribution in [0.15, 0.2) is 79.0 Å². The third kappa shape index (κ3) is 3.67. The average Bonchev–Trinajstić information content (AvgIpc) is 3.41. The van der Waals surface area contributed by atoms with Crippen LogP contribution in [0.2, 0.25) is 0 Å². The monoisotopic (exact) mass is 489 g/mol. The van der Waals surface area contributed by atoms with Crippen LogP contribution in [0.4, 0.5) is 0 Å². The number of nitrogens with zero attached hydrogens (tertiary/aromatic N) is 1. The van der Waals surface area contributed by atoms with Crippen LogP contribution >= 0.6 is 0 Å². The minimum atomic E-state index is -0.448. The highest BCUT2D eigenvalue weighted by molar-refractivity contribution is 5.94. The maximum Gasteiger partial charge on any atom is 0.119 e. The molecule has 2 aliphatic carbocycles. The van der Waals surface area contributed by atoms with Gasteiger partial charge in [-0.25, -0.2) is 0 Å². The molecule has 3 aromatic carbocycles. The zero-order valence-electron chi connectivity index (χ0n) is 22.3. The largest absolute Gasteiger partial charge is 0.493 e. The van der Waals surface area contributed by atoms with E-state index < -0.39 is 5.41 Å². The first-order valence-electron chi connectivity index (χ1n) is 13.7. The van der Waals surface area contributed by atoms with E-state index in [0.29, 0.717) is 11.8 Å². The predicted molar refractivity (Wildman–Crippen MR) is 150 cm³/mol. The molecule has 0 amide bonds. The molecule has 4 aromatic rings. The average molecular weight is 490 g/mol. The molecule has 2 atom stereocenters. The second kappa shape index (κ2) is 9.37. The Morgan fingerprint density at radius 1 is 0.649 bits per heavy atom. The molecular formula is C34H35NO2. The van der Waals surface area contributed by atoms with Gasteiger partial charge in [0.15, 0.2) is 0 Å². The molecule has 6 rings (SSSR count). The fraction of sp³-hybridized carbons (Fsp3) is 0.324. The molecule has 0 saturated heterocycles. The van der Waals surface area contributed by atoms with Gasteiger partial charge in [0.1, 0.15) is 11.5 Å². The van der Waals surface area contributed by atoms with Gasteiger partial charge < -0.3 is 9.47 Å². The lowest BCUT2D eigenvalue weighted by Crippen LogP contribution is -2.26. The number of ether oxygens (including phenoxy) is 2. The highest BCUT2D eigenvalue weighted by Gasteiger charge is 2.52. The van der Waals surface area contributed by atoms with Crippen LogP contribution in [0, 0.1) is 11.8 Å². The minimum Gasteiger partial charge on any atom is -0.493 e. The van der Waals surface area contributed by atoms with Gasteiger partial charge >= 0.3 is 0 Å². The summed E-state index contributed by atoms with van der Waals surface area (Å²) in [6.45, 7) is 10.3. The third-order valence-corrected chi connectivity index (χ3v) is 8.34. The van der Waals surface area contributed by atoms with Crippen LogP contribution in [0.25, 0.3) is 22.4 Å². The van der Waals surface area contributed by atoms with E-state index in [1.54, 1.807) is 0 Å². The second-order valence-corrected chi connectivity index (χ2v) is 10.8. The van der Waals surface area contributed by atoms with E-state index in [9.17, 15) is 0 Å². The van der Waals surface area contributed by atoms with E-state index in [0.717, 1.165) is 43.2 Å². The van der Waals surface area contributed by atoms with Crippen molar-refractivity contribution in [2.45, 2.75) is 46.0 Å². The van der Waals surface area contributed by atoms with Gasteiger partial charge in [0.2, 0.25) is 0 Å². The molecule has 3 nitrogen and oxygen atoms in total. The van der Waals surface area contributed by atoms with Crippen molar-refractivity contribution in [2.24, 2.45) is 11.8 Å². The Bertz CT molecular complexity index is 1350. The van der Waals surface area contributed by atoms with Crippen LogP contribution in [0.3, 0.4) is 0 Å². The zero-order valence-corrected chi connectivity index (χ0v) is 22.3. The number of aromatic nitrogens is 1. The molecular weight excluding hydrogens is 454 g/mol. The first-order chi connectivity index (χ1) is 18.1. The summed E-state index contributed by atoms with van der Waals surface area (Å²) in [6.07, 6.45) is 4.11. The van der Waals surface area contributed by atoms with Crippen molar-refractivity contribution >= 4 is 0 Å². The molecule has 37 heavy (non-hydrogen) atoms. The topological polar surface area (TPSA) is 31.4 Å². The summed E-state index contributed by atoms with van der Waals surface area (Å²) >= 11 is 0. The molecule has 2 unspecified atom stereocenters. The van der Waals surface area contributed by atoms with Gasteiger partial charge in [0.05, 0.1) is 24.3 Å². The molecule has 1 aromatic heterocycles. The number of fused-ring (bicyclic) bond motifs is 10. The van der Waals surface area contributed by atoms with Crippen molar-refractivity contribution in [1.29, 1.82) is 0 Å². The van der Waals surface area contributed by atoms with Gasteiger partial charge in [-0.2, -0.15) is 0 Å². The van der Waals surface area contributed by atoms with Gasteiger partial charge in [-0.1, -0.05) is 83.0 Å². The Kier molecular flexibility index (Phi) is 6.03. The lowest BCUT2D eigenvalue weighted by Gasteiger charge is -2.30. The molecule has 0 saturated carbocycles. The van der Waals surface area contributed by atoms with E-state index in [2.05, 4.69) is 100 Å². The first-order valence-corrected chi connectivity index (χ1v) is 13.7. The molecule has 0 N–H and O–H groups in total. The zero-order chi connectivity index (χ0) is 25.6. The maximum atomic E-state index is 6.32. The second-order valence-electron chi connectivity index (χ2n) is 10.8. The summed E-state index contributed by atoms with van der Waals surface area (Å²) in [5.74, 6) is 2.88. The van der Waals surface area contributed by atoms with Gasteiger partial charge in [-0.3, -0.25) is 4.98 Å². The molecule has 3 heteroatoms. The number of benzene rings is 3. The van der Waals surface area contributed by atoms with Crippen molar-refractivity contribution in [2.75, 3.05) is 13.2 Å². The van der Waals surface area contributed by atoms with Crippen molar-refractivity contribution in [1.82, 2.24) is 4.98 Å². The highest BCUT2D eigenvalue weighted by atomic mass is 16.5. The van der Waals surface area contributed by atoms with Crippen molar-refractivity contribution in [3.63, 3.8) is 0 Å². The third-order valence-electron chi connectivity index (χ3n) is 8.34. The van der Waals surface area contributed by atoms with Gasteiger partial charge in [-0.05, 0) is 75.5 Å². The van der Waals surface area contributed by atoms with E-state index in [-0.39, 0.29) is 0 Å². The molecule has 0 radical (unpaired) electrons. The maximum absolute atomic E-state index is 6.32. The molecule has 1 heterocycles. The van der Waals surface area contributed by atoms with Crippen molar-refractivity contribution in [3.8, 4) is 33.9 Å². The Morgan fingerprint density at radius 2 is 1.22 bits per heavy atom. The Balaban J connectivity index is 1.58. The summed E-state index contributed by atoms with van der Waals surface area (Å²) in [6, 6.07) is 26.3. The highest BCUT2D eigenvalue weighted by Crippen LogP contribution is 2.63. The quantitative estimate of drug-likeness (QED) is 0.216. The summed E-state index contributed by atoms with van der Waals surface area (Å²) in [5.41, 5.74) is 9.37. The van der Waals surface area contributed by atoms with Gasteiger partial charge in [-0.15, -0.1) is 0 Å². The number of pyridine rings is 1. The fourth-order valence-electron chi connectivity index (χ4n) is 5.84. The Morgan fingerprint density at radius 3 is 1.81 bits per heavy atom. The number of rotatable bonds is 8. The van der Waals surface area contributed by atoms with E-state index >= 15 is 0 Å². The van der Waals surface area contributed by atoms with Crippen LogP contribution in [0.1, 0.15) is 62.8 Å². The molecule has 0 bridgehead atoms. The van der Waals surface area contributed by atoms with E-state index in [1.807, 2.05) is 6.20 Å². The molecule has 0 fully saturated rings. The molecule has 1 spiro atoms. The molecule has 2 aliphatic rings. The Labute approximate surface area is 220 Å². The van der Waals surface area contributed by atoms with Crippen LogP contribution in [-0.2, 0) is 5.41 Å². The number of hydrogen-bond acceptors (Lipinski definition) is 3. The predicted octanol–water partition coefficient (Wildman–Crippen LogP) is 8.27. The minimum absolute atomic E-state index is 0.448. The van der Waals surface area contributed by atoms with Gasteiger partial charge in [0, 0.05) is 11.8 Å². The summed E-state index contributed by atoms with van der Waals surface area (Å²) in [7, 11) is 0. The smallest absolute Gasteiger partial charge is 0.119 e. The molecule has 188 valence electrons. The fourth-order valence-corrected chi connectivity index (χ4v) is 5.84. The number of hydrogen-bond donors (Lipinski definition) is 0. The normalized spacial score (nSPS) is 18.1. The van der Waals surface area contributed by atoms with E-state index in [4.69, 9.17) is 14.5 Å². The van der Waals surface area contributed by atoms with Crippen molar-refractivity contribution in [3.05, 3.63) is 101 Å². The first kappa shape index (κ1) is 23.8. The van der Waals surface area contributed by atoms with E-state index in [1.165, 1.54) is 38.9 Å². The molecule has 0 aliphatic heterocycles. The standard InChI is InChI=1S/C34H35NO2/c1-5-22(3)20-36-24-13-15-26-27-16-14-25(37-21-23(4)6-2)19-32(27)34(31(26)18-24)29-11-8-7-10-28(29)33-30(34)12-9-17-35-33/h7-19,22-23H,5-6,20-21H2,1-4H3. The van der Waals surface area contributed by atoms with Crippen LogP contribution < -0.4 is 9.47 Å².